The van der Waals surface area contributed by atoms with Gasteiger partial charge in [0.2, 0.25) is 5.91 Å². The summed E-state index contributed by atoms with van der Waals surface area (Å²) in [6.07, 6.45) is 6.42. The fraction of sp³-hybridized carbons (Fsp3) is 0.750. The van der Waals surface area contributed by atoms with Gasteiger partial charge in [-0.1, -0.05) is 12.8 Å². The quantitative estimate of drug-likeness (QED) is 0.325. The molecule has 2 aliphatic rings. The lowest BCUT2D eigenvalue weighted by Gasteiger charge is -2.36. The van der Waals surface area contributed by atoms with Gasteiger partial charge < -0.3 is 15.5 Å². The molecule has 2 N–H and O–H groups in total. The van der Waals surface area contributed by atoms with E-state index in [0.29, 0.717) is 18.4 Å². The van der Waals surface area contributed by atoms with Gasteiger partial charge >= 0.3 is 0 Å². The van der Waals surface area contributed by atoms with Crippen molar-refractivity contribution in [1.82, 2.24) is 30.2 Å². The zero-order valence-corrected chi connectivity index (χ0v) is 20.1. The maximum Gasteiger partial charge on any atom is 0.225 e. The third kappa shape index (κ3) is 7.13. The van der Waals surface area contributed by atoms with Crippen molar-refractivity contribution < 1.29 is 4.79 Å². The summed E-state index contributed by atoms with van der Waals surface area (Å²) in [5, 5.41) is 10.9. The summed E-state index contributed by atoms with van der Waals surface area (Å²) in [7, 11) is 1.93. The third-order valence-corrected chi connectivity index (χ3v) is 5.77. The number of nitrogens with zero attached hydrogens (tertiary/aromatic N) is 5. The van der Waals surface area contributed by atoms with E-state index in [4.69, 9.17) is 0 Å². The van der Waals surface area contributed by atoms with Crippen LogP contribution in [0, 0.1) is 5.92 Å². The Hall–Kier alpha value is -1.36. The molecule has 2 heterocycles. The number of amides is 1. The van der Waals surface area contributed by atoms with Crippen molar-refractivity contribution in [1.29, 1.82) is 0 Å². The molecule has 1 aromatic rings. The fourth-order valence-electron chi connectivity index (χ4n) is 4.01. The van der Waals surface area contributed by atoms with Gasteiger partial charge in [0.1, 0.15) is 0 Å². The van der Waals surface area contributed by atoms with Gasteiger partial charge in [0, 0.05) is 65.0 Å². The van der Waals surface area contributed by atoms with E-state index in [1.165, 1.54) is 12.8 Å². The topological polar surface area (TPSA) is 77.8 Å². The molecule has 9 heteroatoms. The van der Waals surface area contributed by atoms with Crippen molar-refractivity contribution >= 4 is 35.8 Å². The van der Waals surface area contributed by atoms with Crippen molar-refractivity contribution in [2.24, 2.45) is 18.0 Å². The van der Waals surface area contributed by atoms with E-state index < -0.39 is 0 Å². The summed E-state index contributed by atoms with van der Waals surface area (Å²) in [5.74, 6) is 1.53. The van der Waals surface area contributed by atoms with Crippen LogP contribution < -0.4 is 10.6 Å². The average Bonchev–Trinajstić information content (AvgIpc) is 3.38. The van der Waals surface area contributed by atoms with E-state index in [9.17, 15) is 4.79 Å². The number of halogens is 1. The first kappa shape index (κ1) is 23.9. The van der Waals surface area contributed by atoms with E-state index >= 15 is 0 Å². The predicted molar refractivity (Wildman–Crippen MR) is 126 cm³/mol. The summed E-state index contributed by atoms with van der Waals surface area (Å²) >= 11 is 0. The van der Waals surface area contributed by atoms with Gasteiger partial charge in [0.25, 0.3) is 0 Å². The van der Waals surface area contributed by atoms with Gasteiger partial charge in [-0.15, -0.1) is 24.0 Å². The highest BCUT2D eigenvalue weighted by molar-refractivity contribution is 14.0. The van der Waals surface area contributed by atoms with Gasteiger partial charge in [0.05, 0.1) is 12.2 Å². The molecule has 3 rings (SSSR count). The molecule has 1 saturated heterocycles. The molecule has 0 atom stereocenters. The van der Waals surface area contributed by atoms with Crippen LogP contribution in [0.25, 0.3) is 0 Å². The lowest BCUT2D eigenvalue weighted by atomic mass is 10.1. The molecular weight excluding hydrogens is 481 g/mol. The third-order valence-electron chi connectivity index (χ3n) is 5.77. The molecule has 0 spiro atoms. The number of aromatic nitrogens is 2. The molecule has 0 aromatic carbocycles. The number of hydrogen-bond acceptors (Lipinski definition) is 4. The molecule has 29 heavy (non-hydrogen) atoms. The van der Waals surface area contributed by atoms with Crippen LogP contribution in [0.2, 0.25) is 0 Å². The lowest BCUT2D eigenvalue weighted by Crippen LogP contribution is -2.51. The van der Waals surface area contributed by atoms with Gasteiger partial charge in [-0.2, -0.15) is 5.10 Å². The van der Waals surface area contributed by atoms with Crippen LogP contribution in [-0.2, 0) is 18.4 Å². The molecule has 8 nitrogen and oxygen atoms in total. The van der Waals surface area contributed by atoms with Crippen LogP contribution in [0.3, 0.4) is 0 Å². The molecule has 2 fully saturated rings. The molecule has 1 aliphatic carbocycles. The number of guanidine groups is 1. The minimum Gasteiger partial charge on any atom is -0.357 e. The van der Waals surface area contributed by atoms with Crippen LogP contribution in [0.1, 0.15) is 38.3 Å². The second kappa shape index (κ2) is 12.4. The number of aryl methyl sites for hydroxylation is 1. The van der Waals surface area contributed by atoms with Gasteiger partial charge in [-0.3, -0.25) is 14.4 Å². The largest absolute Gasteiger partial charge is 0.357 e. The molecule has 0 bridgehead atoms. The molecule has 1 amide bonds. The number of carbonyl (C=O) groups excluding carboxylic acids is 1. The van der Waals surface area contributed by atoms with E-state index in [-0.39, 0.29) is 24.0 Å². The van der Waals surface area contributed by atoms with E-state index in [0.717, 1.165) is 70.3 Å². The van der Waals surface area contributed by atoms with Crippen LogP contribution >= 0.6 is 24.0 Å². The predicted octanol–water partition coefficient (Wildman–Crippen LogP) is 1.43. The number of carbonyl (C=O) groups is 1. The van der Waals surface area contributed by atoms with E-state index in [2.05, 4.69) is 37.4 Å². The van der Waals surface area contributed by atoms with Gasteiger partial charge in [0.15, 0.2) is 5.96 Å². The summed E-state index contributed by atoms with van der Waals surface area (Å²) in [5.41, 5.74) is 1.08. The van der Waals surface area contributed by atoms with Crippen molar-refractivity contribution in [3.8, 4) is 0 Å². The maximum absolute atomic E-state index is 12.5. The van der Waals surface area contributed by atoms with E-state index in [1.54, 1.807) is 6.20 Å². The molecule has 0 unspecified atom stereocenters. The lowest BCUT2D eigenvalue weighted by molar-refractivity contribution is -0.137. The number of nitrogens with one attached hydrogen (secondary N) is 2. The van der Waals surface area contributed by atoms with E-state index in [1.807, 2.05) is 17.8 Å². The number of rotatable bonds is 7. The monoisotopic (exact) mass is 517 g/mol. The van der Waals surface area contributed by atoms with Crippen molar-refractivity contribution in [2.75, 3.05) is 45.8 Å². The van der Waals surface area contributed by atoms with Crippen molar-refractivity contribution in [2.45, 2.75) is 39.2 Å². The SMILES string of the molecule is CCNC(=NCc1ccnn1C)NCCN1CCN(C(=O)C2CCCC2)CC1.I. The Morgan fingerprint density at radius 2 is 1.93 bits per heavy atom. The average molecular weight is 517 g/mol. The van der Waals surface area contributed by atoms with Crippen LogP contribution in [0.4, 0.5) is 0 Å². The molecule has 164 valence electrons. The summed E-state index contributed by atoms with van der Waals surface area (Å²) < 4.78 is 1.85. The zero-order valence-electron chi connectivity index (χ0n) is 17.8. The highest BCUT2D eigenvalue weighted by Crippen LogP contribution is 2.26. The van der Waals surface area contributed by atoms with Gasteiger partial charge in [-0.05, 0) is 25.8 Å². The van der Waals surface area contributed by atoms with Crippen LogP contribution in [0.15, 0.2) is 17.3 Å². The second-order valence-corrected chi connectivity index (χ2v) is 7.72. The Bertz CT molecular complexity index is 649. The number of aliphatic imine (C=N–C) groups is 1. The molecule has 1 aromatic heterocycles. The minimum absolute atomic E-state index is 0. The van der Waals surface area contributed by atoms with Gasteiger partial charge in [-0.25, -0.2) is 4.99 Å². The first-order valence-electron chi connectivity index (χ1n) is 10.7. The fourth-order valence-corrected chi connectivity index (χ4v) is 4.01. The number of piperazine rings is 1. The Morgan fingerprint density at radius 3 is 2.55 bits per heavy atom. The summed E-state index contributed by atoms with van der Waals surface area (Å²) in [6, 6.07) is 1.99. The second-order valence-electron chi connectivity index (χ2n) is 7.72. The zero-order chi connectivity index (χ0) is 19.8. The first-order valence-corrected chi connectivity index (χ1v) is 10.7. The first-order chi connectivity index (χ1) is 13.7. The van der Waals surface area contributed by atoms with Crippen LogP contribution in [0.5, 0.6) is 0 Å². The highest BCUT2D eigenvalue weighted by atomic mass is 127. The smallest absolute Gasteiger partial charge is 0.225 e. The Morgan fingerprint density at radius 1 is 1.21 bits per heavy atom. The van der Waals surface area contributed by atoms with Crippen molar-refractivity contribution in [3.05, 3.63) is 18.0 Å². The minimum atomic E-state index is 0. The highest BCUT2D eigenvalue weighted by Gasteiger charge is 2.29. The molecule has 1 aliphatic heterocycles. The van der Waals surface area contributed by atoms with Crippen LogP contribution in [-0.4, -0.2) is 77.3 Å². The maximum atomic E-state index is 12.5. The Labute approximate surface area is 191 Å². The number of hydrogen-bond donors (Lipinski definition) is 2. The molecule has 0 radical (unpaired) electrons. The molecule has 1 saturated carbocycles. The summed E-state index contributed by atoms with van der Waals surface area (Å²) in [6.45, 7) is 8.96. The normalized spacial score (nSPS) is 18.6. The Kier molecular flexibility index (Phi) is 10.2. The Balaban J connectivity index is 0.00000300. The standard InChI is InChI=1S/C20H35N7O.HI/c1-3-21-20(23-16-18-8-9-24-25(18)2)22-10-11-26-12-14-27(15-13-26)19(28)17-6-4-5-7-17;/h8-9,17H,3-7,10-16H2,1-2H3,(H2,21,22,23);1H. The van der Waals surface area contributed by atoms with Crippen molar-refractivity contribution in [3.63, 3.8) is 0 Å². The summed E-state index contributed by atoms with van der Waals surface area (Å²) in [4.78, 5) is 21.7. The molecular formula is C20H36IN7O.